The van der Waals surface area contributed by atoms with Crippen molar-refractivity contribution in [1.29, 1.82) is 5.26 Å². The summed E-state index contributed by atoms with van der Waals surface area (Å²) in [6.07, 6.45) is 7.41. The van der Waals surface area contributed by atoms with Crippen molar-refractivity contribution in [2.75, 3.05) is 12.3 Å². The average molecular weight is 302 g/mol. The summed E-state index contributed by atoms with van der Waals surface area (Å²) in [6, 6.07) is 12.8. The largest absolute Gasteiger partial charge is 0.296 e. The molecule has 1 aliphatic rings. The van der Waals surface area contributed by atoms with Crippen LogP contribution in [0.1, 0.15) is 51.0 Å². The van der Waals surface area contributed by atoms with Gasteiger partial charge in [-0.15, -0.1) is 0 Å². The molecule has 0 spiro atoms. The third-order valence-electron chi connectivity index (χ3n) is 4.27. The number of rotatable bonds is 8. The fourth-order valence-electron chi connectivity index (χ4n) is 2.99. The van der Waals surface area contributed by atoms with Crippen molar-refractivity contribution < 1.29 is 0 Å². The van der Waals surface area contributed by atoms with Crippen LogP contribution in [0.15, 0.2) is 30.3 Å². The summed E-state index contributed by atoms with van der Waals surface area (Å²) in [5.74, 6) is 1.06. The Morgan fingerprint density at radius 3 is 2.62 bits per heavy atom. The van der Waals surface area contributed by atoms with Gasteiger partial charge in [0.15, 0.2) is 0 Å². The molecule has 2 rings (SSSR count). The van der Waals surface area contributed by atoms with Crippen LogP contribution in [0.3, 0.4) is 0 Å². The first-order valence-corrected chi connectivity index (χ1v) is 9.19. The van der Waals surface area contributed by atoms with Crippen LogP contribution in [0.2, 0.25) is 0 Å². The summed E-state index contributed by atoms with van der Waals surface area (Å²) >= 11 is 2.06. The topological polar surface area (TPSA) is 35.8 Å². The zero-order valence-electron chi connectivity index (χ0n) is 13.0. The van der Waals surface area contributed by atoms with Gasteiger partial charge in [0.1, 0.15) is 5.54 Å². The summed E-state index contributed by atoms with van der Waals surface area (Å²) in [7, 11) is 0. The minimum Gasteiger partial charge on any atom is -0.296 e. The molecule has 1 aliphatic carbocycles. The van der Waals surface area contributed by atoms with Crippen molar-refractivity contribution in [2.24, 2.45) is 0 Å². The molecule has 114 valence electrons. The number of benzene rings is 1. The van der Waals surface area contributed by atoms with E-state index in [0.29, 0.717) is 0 Å². The minimum atomic E-state index is -0.525. The molecule has 1 unspecified atom stereocenters. The second kappa shape index (κ2) is 8.46. The van der Waals surface area contributed by atoms with Gasteiger partial charge >= 0.3 is 0 Å². The lowest BCUT2D eigenvalue weighted by Gasteiger charge is -2.29. The Labute approximate surface area is 133 Å². The SMILES string of the molecule is CCCNC(C#N)(CCSC1CCCC1)c1ccccc1. The molecule has 0 amide bonds. The zero-order chi connectivity index (χ0) is 15.0. The monoisotopic (exact) mass is 302 g/mol. The van der Waals surface area contributed by atoms with E-state index in [0.717, 1.165) is 36.0 Å². The number of nitrogens with one attached hydrogen (secondary N) is 1. The molecule has 3 heteroatoms. The van der Waals surface area contributed by atoms with Gasteiger partial charge < -0.3 is 0 Å². The molecule has 0 heterocycles. The zero-order valence-corrected chi connectivity index (χ0v) is 13.8. The third-order valence-corrected chi connectivity index (χ3v) is 5.65. The van der Waals surface area contributed by atoms with E-state index in [9.17, 15) is 5.26 Å². The summed E-state index contributed by atoms with van der Waals surface area (Å²) in [5.41, 5.74) is 0.580. The quantitative estimate of drug-likeness (QED) is 0.769. The van der Waals surface area contributed by atoms with Crippen LogP contribution in [0.25, 0.3) is 0 Å². The number of hydrogen-bond acceptors (Lipinski definition) is 3. The van der Waals surface area contributed by atoms with Crippen molar-refractivity contribution in [3.8, 4) is 6.07 Å². The van der Waals surface area contributed by atoms with Gasteiger partial charge in [0.25, 0.3) is 0 Å². The van der Waals surface area contributed by atoms with Crippen LogP contribution >= 0.6 is 11.8 Å². The van der Waals surface area contributed by atoms with Crippen molar-refractivity contribution in [3.05, 3.63) is 35.9 Å². The van der Waals surface area contributed by atoms with Crippen LogP contribution in [0.5, 0.6) is 0 Å². The molecule has 1 saturated carbocycles. The lowest BCUT2D eigenvalue weighted by molar-refractivity contribution is 0.416. The predicted octanol–water partition coefficient (Wildman–Crippen LogP) is 4.47. The first-order valence-electron chi connectivity index (χ1n) is 8.14. The van der Waals surface area contributed by atoms with Gasteiger partial charge in [0.2, 0.25) is 0 Å². The highest BCUT2D eigenvalue weighted by molar-refractivity contribution is 7.99. The number of nitrogens with zero attached hydrogens (tertiary/aromatic N) is 1. The van der Waals surface area contributed by atoms with Crippen LogP contribution in [0.4, 0.5) is 0 Å². The van der Waals surface area contributed by atoms with Crippen LogP contribution < -0.4 is 5.32 Å². The average Bonchev–Trinajstić information content (AvgIpc) is 3.05. The van der Waals surface area contributed by atoms with Crippen molar-refractivity contribution in [1.82, 2.24) is 5.32 Å². The van der Waals surface area contributed by atoms with Crippen molar-refractivity contribution in [3.63, 3.8) is 0 Å². The van der Waals surface area contributed by atoms with Gasteiger partial charge in [-0.2, -0.15) is 17.0 Å². The Kier molecular flexibility index (Phi) is 6.60. The van der Waals surface area contributed by atoms with Crippen molar-refractivity contribution in [2.45, 2.75) is 56.2 Å². The predicted molar refractivity (Wildman–Crippen MR) is 91.4 cm³/mol. The molecule has 1 fully saturated rings. The summed E-state index contributed by atoms with van der Waals surface area (Å²) in [6.45, 7) is 3.03. The van der Waals surface area contributed by atoms with Gasteiger partial charge in [0, 0.05) is 5.25 Å². The second-order valence-electron chi connectivity index (χ2n) is 5.84. The summed E-state index contributed by atoms with van der Waals surface area (Å²) in [5, 5.41) is 14.1. The Bertz CT molecular complexity index is 448. The standard InChI is InChI=1S/C18H26N2S/c1-2-13-20-18(15-19,16-8-4-3-5-9-16)12-14-21-17-10-6-7-11-17/h3-5,8-9,17,20H,2,6-7,10-14H2,1H3. The van der Waals surface area contributed by atoms with E-state index in [1.807, 2.05) is 18.2 Å². The molecule has 0 bridgehead atoms. The molecule has 2 nitrogen and oxygen atoms in total. The van der Waals surface area contributed by atoms with E-state index < -0.39 is 5.54 Å². The van der Waals surface area contributed by atoms with E-state index in [1.54, 1.807) is 0 Å². The van der Waals surface area contributed by atoms with E-state index in [1.165, 1.54) is 25.7 Å². The molecular formula is C18H26N2S. The summed E-state index contributed by atoms with van der Waals surface area (Å²) < 4.78 is 0. The summed E-state index contributed by atoms with van der Waals surface area (Å²) in [4.78, 5) is 0. The minimum absolute atomic E-state index is 0.525. The first-order chi connectivity index (χ1) is 10.3. The van der Waals surface area contributed by atoms with Gasteiger partial charge in [-0.05, 0) is 43.5 Å². The van der Waals surface area contributed by atoms with Gasteiger partial charge in [0.05, 0.1) is 6.07 Å². The Balaban J connectivity index is 2.02. The van der Waals surface area contributed by atoms with Crippen LogP contribution in [0, 0.1) is 11.3 Å². The second-order valence-corrected chi connectivity index (χ2v) is 7.25. The Morgan fingerprint density at radius 1 is 1.29 bits per heavy atom. The molecule has 0 aromatic heterocycles. The number of hydrogen-bond donors (Lipinski definition) is 1. The van der Waals surface area contributed by atoms with Crippen LogP contribution in [-0.4, -0.2) is 17.5 Å². The van der Waals surface area contributed by atoms with E-state index in [2.05, 4.69) is 42.2 Å². The van der Waals surface area contributed by atoms with Crippen molar-refractivity contribution >= 4 is 11.8 Å². The highest BCUT2D eigenvalue weighted by Gasteiger charge is 2.31. The lowest BCUT2D eigenvalue weighted by Crippen LogP contribution is -2.42. The molecule has 1 N–H and O–H groups in total. The molecule has 1 atom stereocenters. The highest BCUT2D eigenvalue weighted by atomic mass is 32.2. The first kappa shape index (κ1) is 16.4. The molecule has 1 aromatic carbocycles. The van der Waals surface area contributed by atoms with Gasteiger partial charge in [-0.3, -0.25) is 5.32 Å². The maximum atomic E-state index is 9.83. The fourth-order valence-corrected chi connectivity index (χ4v) is 4.41. The normalized spacial score (nSPS) is 18.3. The number of nitriles is 1. The maximum absolute atomic E-state index is 9.83. The molecule has 0 radical (unpaired) electrons. The van der Waals surface area contributed by atoms with E-state index in [-0.39, 0.29) is 0 Å². The van der Waals surface area contributed by atoms with E-state index >= 15 is 0 Å². The molecular weight excluding hydrogens is 276 g/mol. The molecule has 1 aromatic rings. The molecule has 21 heavy (non-hydrogen) atoms. The fraction of sp³-hybridized carbons (Fsp3) is 0.611. The maximum Gasteiger partial charge on any atom is 0.133 e. The molecule has 0 aliphatic heterocycles. The Morgan fingerprint density at radius 2 is 2.00 bits per heavy atom. The Hall–Kier alpha value is -0.980. The lowest BCUT2D eigenvalue weighted by atomic mass is 9.88. The third kappa shape index (κ3) is 4.49. The van der Waals surface area contributed by atoms with Crippen LogP contribution in [-0.2, 0) is 5.54 Å². The van der Waals surface area contributed by atoms with Gasteiger partial charge in [-0.25, -0.2) is 0 Å². The van der Waals surface area contributed by atoms with Gasteiger partial charge in [-0.1, -0.05) is 50.1 Å². The number of thioether (sulfide) groups is 1. The smallest absolute Gasteiger partial charge is 0.133 e. The molecule has 0 saturated heterocycles. The van der Waals surface area contributed by atoms with E-state index in [4.69, 9.17) is 0 Å². The highest BCUT2D eigenvalue weighted by Crippen LogP contribution is 2.33.